The number of benzene rings is 1. The van der Waals surface area contributed by atoms with Crippen LogP contribution in [-0.2, 0) is 4.79 Å². The number of amides is 1. The number of fused-ring (bicyclic) bond motifs is 1. The highest BCUT2D eigenvalue weighted by Crippen LogP contribution is 2.35. The molecule has 0 saturated heterocycles. The van der Waals surface area contributed by atoms with Gasteiger partial charge in [0.2, 0.25) is 5.91 Å². The molecule has 1 aromatic carbocycles. The quantitative estimate of drug-likeness (QED) is 0.810. The van der Waals surface area contributed by atoms with Crippen LogP contribution in [0.15, 0.2) is 24.3 Å². The Bertz CT molecular complexity index is 571. The van der Waals surface area contributed by atoms with E-state index in [0.717, 1.165) is 10.1 Å². The third-order valence-corrected chi connectivity index (χ3v) is 3.49. The molecule has 1 amide bonds. The van der Waals surface area contributed by atoms with Gasteiger partial charge >= 0.3 is 0 Å². The largest absolute Gasteiger partial charge is 0.324 e. The summed E-state index contributed by atoms with van der Waals surface area (Å²) in [6.45, 7) is 2.95. The van der Waals surface area contributed by atoms with E-state index in [1.54, 1.807) is 0 Å². The monoisotopic (exact) mass is 233 g/mol. The fourth-order valence-corrected chi connectivity index (χ4v) is 2.65. The van der Waals surface area contributed by atoms with Crippen molar-refractivity contribution in [3.05, 3.63) is 29.1 Å². The SMILES string of the molecule is CC(=O)Nc1c(C(C)=O)sc2ccccc12. The van der Waals surface area contributed by atoms with E-state index in [0.29, 0.717) is 10.6 Å². The smallest absolute Gasteiger partial charge is 0.221 e. The lowest BCUT2D eigenvalue weighted by molar-refractivity contribution is -0.114. The summed E-state index contributed by atoms with van der Waals surface area (Å²) in [7, 11) is 0. The number of rotatable bonds is 2. The fourth-order valence-electron chi connectivity index (χ4n) is 1.59. The van der Waals surface area contributed by atoms with Crippen LogP contribution in [-0.4, -0.2) is 11.7 Å². The van der Waals surface area contributed by atoms with Gasteiger partial charge in [0.25, 0.3) is 0 Å². The van der Waals surface area contributed by atoms with Gasteiger partial charge in [0.15, 0.2) is 5.78 Å². The molecule has 0 bridgehead atoms. The van der Waals surface area contributed by atoms with E-state index in [-0.39, 0.29) is 11.7 Å². The first-order chi connectivity index (χ1) is 7.59. The molecule has 0 aliphatic heterocycles. The molecule has 0 radical (unpaired) electrons. The Morgan fingerprint density at radius 2 is 1.88 bits per heavy atom. The highest BCUT2D eigenvalue weighted by atomic mass is 32.1. The van der Waals surface area contributed by atoms with Crippen LogP contribution in [0.5, 0.6) is 0 Å². The molecular formula is C12H11NO2S. The van der Waals surface area contributed by atoms with Gasteiger partial charge in [-0.15, -0.1) is 11.3 Å². The predicted molar refractivity (Wildman–Crippen MR) is 66.1 cm³/mol. The van der Waals surface area contributed by atoms with E-state index in [9.17, 15) is 9.59 Å². The maximum atomic E-state index is 11.5. The first kappa shape index (κ1) is 10.8. The van der Waals surface area contributed by atoms with Crippen molar-refractivity contribution in [3.63, 3.8) is 0 Å². The fraction of sp³-hybridized carbons (Fsp3) is 0.167. The predicted octanol–water partition coefficient (Wildman–Crippen LogP) is 3.06. The number of Topliss-reactive ketones (excluding diaryl/α,β-unsaturated/α-hetero) is 1. The molecule has 0 spiro atoms. The molecule has 1 N–H and O–H groups in total. The summed E-state index contributed by atoms with van der Waals surface area (Å²) in [5.41, 5.74) is 0.639. The molecule has 0 fully saturated rings. The van der Waals surface area contributed by atoms with E-state index in [2.05, 4.69) is 5.32 Å². The van der Waals surface area contributed by atoms with E-state index in [1.807, 2.05) is 24.3 Å². The van der Waals surface area contributed by atoms with Crippen molar-refractivity contribution in [2.45, 2.75) is 13.8 Å². The lowest BCUT2D eigenvalue weighted by atomic mass is 10.2. The molecule has 0 aliphatic rings. The summed E-state index contributed by atoms with van der Waals surface area (Å²) in [6, 6.07) is 7.66. The van der Waals surface area contributed by atoms with Crippen LogP contribution in [0, 0.1) is 0 Å². The molecule has 0 unspecified atom stereocenters. The minimum atomic E-state index is -0.161. The molecule has 0 atom stereocenters. The Balaban J connectivity index is 2.69. The molecule has 16 heavy (non-hydrogen) atoms. The Morgan fingerprint density at radius 3 is 2.50 bits per heavy atom. The summed E-state index contributed by atoms with van der Waals surface area (Å²) in [5, 5.41) is 3.65. The van der Waals surface area contributed by atoms with E-state index in [4.69, 9.17) is 0 Å². The third-order valence-electron chi connectivity index (χ3n) is 2.22. The zero-order valence-corrected chi connectivity index (χ0v) is 9.85. The van der Waals surface area contributed by atoms with Gasteiger partial charge in [-0.05, 0) is 6.07 Å². The molecule has 4 heteroatoms. The van der Waals surface area contributed by atoms with Crippen molar-refractivity contribution in [2.75, 3.05) is 5.32 Å². The van der Waals surface area contributed by atoms with Crippen LogP contribution in [0.1, 0.15) is 23.5 Å². The summed E-state index contributed by atoms with van der Waals surface area (Å²) in [6.07, 6.45) is 0. The Morgan fingerprint density at radius 1 is 1.19 bits per heavy atom. The van der Waals surface area contributed by atoms with Crippen molar-refractivity contribution in [1.29, 1.82) is 0 Å². The average molecular weight is 233 g/mol. The van der Waals surface area contributed by atoms with Crippen molar-refractivity contribution in [3.8, 4) is 0 Å². The molecular weight excluding hydrogens is 222 g/mol. The first-order valence-corrected chi connectivity index (χ1v) is 5.71. The van der Waals surface area contributed by atoms with Gasteiger partial charge in [0.05, 0.1) is 10.6 Å². The van der Waals surface area contributed by atoms with Crippen molar-refractivity contribution >= 4 is 38.8 Å². The van der Waals surface area contributed by atoms with Crippen molar-refractivity contribution < 1.29 is 9.59 Å². The second kappa shape index (κ2) is 4.06. The number of thiophene rings is 1. The lowest BCUT2D eigenvalue weighted by Crippen LogP contribution is -2.07. The molecule has 82 valence electrons. The van der Waals surface area contributed by atoms with Crippen LogP contribution in [0.2, 0.25) is 0 Å². The van der Waals surface area contributed by atoms with Crippen LogP contribution >= 0.6 is 11.3 Å². The Kier molecular flexibility index (Phi) is 2.75. The Hall–Kier alpha value is -1.68. The molecule has 0 aliphatic carbocycles. The summed E-state index contributed by atoms with van der Waals surface area (Å²) >= 11 is 1.41. The maximum absolute atomic E-state index is 11.5. The molecule has 1 heterocycles. The van der Waals surface area contributed by atoms with Crippen molar-refractivity contribution in [2.24, 2.45) is 0 Å². The second-order valence-electron chi connectivity index (χ2n) is 3.54. The van der Waals surface area contributed by atoms with E-state index < -0.39 is 0 Å². The zero-order chi connectivity index (χ0) is 11.7. The number of hydrogen-bond acceptors (Lipinski definition) is 3. The lowest BCUT2D eigenvalue weighted by Gasteiger charge is -2.02. The molecule has 2 aromatic rings. The van der Waals surface area contributed by atoms with Crippen LogP contribution in [0.4, 0.5) is 5.69 Å². The van der Waals surface area contributed by atoms with Crippen LogP contribution in [0.25, 0.3) is 10.1 Å². The van der Waals surface area contributed by atoms with Gasteiger partial charge in [-0.25, -0.2) is 0 Å². The first-order valence-electron chi connectivity index (χ1n) is 4.89. The van der Waals surface area contributed by atoms with Gasteiger partial charge < -0.3 is 5.32 Å². The summed E-state index contributed by atoms with van der Waals surface area (Å²) in [4.78, 5) is 23.2. The number of carbonyl (C=O) groups is 2. The second-order valence-corrected chi connectivity index (χ2v) is 4.59. The van der Waals surface area contributed by atoms with Gasteiger partial charge in [-0.3, -0.25) is 9.59 Å². The standard InChI is InChI=1S/C12H11NO2S/c1-7(14)12-11(13-8(2)15)9-5-3-4-6-10(9)16-12/h3-6H,1-2H3,(H,13,15). The molecule has 2 rings (SSSR count). The maximum Gasteiger partial charge on any atom is 0.221 e. The molecule has 1 aromatic heterocycles. The molecule has 0 saturated carbocycles. The number of nitrogens with one attached hydrogen (secondary N) is 1. The van der Waals surface area contributed by atoms with Gasteiger partial charge in [0.1, 0.15) is 0 Å². The van der Waals surface area contributed by atoms with Crippen LogP contribution < -0.4 is 5.32 Å². The zero-order valence-electron chi connectivity index (χ0n) is 9.03. The van der Waals surface area contributed by atoms with Gasteiger partial charge in [-0.1, -0.05) is 18.2 Å². The highest BCUT2D eigenvalue weighted by molar-refractivity contribution is 7.21. The van der Waals surface area contributed by atoms with E-state index >= 15 is 0 Å². The number of anilines is 1. The normalized spacial score (nSPS) is 10.4. The number of hydrogen-bond donors (Lipinski definition) is 1. The summed E-state index contributed by atoms with van der Waals surface area (Å²) in [5.74, 6) is -0.184. The molecule has 3 nitrogen and oxygen atoms in total. The Labute approximate surface area is 97.1 Å². The minimum absolute atomic E-state index is 0.0232. The van der Waals surface area contributed by atoms with Gasteiger partial charge in [-0.2, -0.15) is 0 Å². The average Bonchev–Trinajstić information content (AvgIpc) is 2.57. The highest BCUT2D eigenvalue weighted by Gasteiger charge is 2.15. The minimum Gasteiger partial charge on any atom is -0.324 e. The number of ketones is 1. The third kappa shape index (κ3) is 1.84. The van der Waals surface area contributed by atoms with Crippen LogP contribution in [0.3, 0.4) is 0 Å². The van der Waals surface area contributed by atoms with E-state index in [1.165, 1.54) is 25.2 Å². The number of carbonyl (C=O) groups excluding carboxylic acids is 2. The summed E-state index contributed by atoms with van der Waals surface area (Å²) < 4.78 is 1.01. The van der Waals surface area contributed by atoms with Crippen molar-refractivity contribution in [1.82, 2.24) is 0 Å². The topological polar surface area (TPSA) is 46.2 Å². The van der Waals surface area contributed by atoms with Gasteiger partial charge in [0, 0.05) is 23.9 Å².